The highest BCUT2D eigenvalue weighted by Crippen LogP contribution is 2.26. The number of carbonyl (C=O) groups is 1. The quantitative estimate of drug-likeness (QED) is 0.869. The van der Waals surface area contributed by atoms with Crippen molar-refractivity contribution in [1.82, 2.24) is 9.88 Å². The molecule has 1 aromatic carbocycles. The maximum absolute atomic E-state index is 12.1. The fourth-order valence-corrected chi connectivity index (χ4v) is 2.59. The lowest BCUT2D eigenvalue weighted by Crippen LogP contribution is -2.39. The van der Waals surface area contributed by atoms with Crippen LogP contribution in [0.4, 0.5) is 4.79 Å². The van der Waals surface area contributed by atoms with E-state index in [-0.39, 0.29) is 12.0 Å². The molecule has 0 spiro atoms. The van der Waals surface area contributed by atoms with Gasteiger partial charge in [-0.05, 0) is 18.4 Å². The molecule has 0 N–H and O–H groups in total. The number of hydrogen-bond acceptors (Lipinski definition) is 4. The van der Waals surface area contributed by atoms with Crippen LogP contribution in [0.25, 0.3) is 0 Å². The smallest absolute Gasteiger partial charge is 0.410 e. The molecular formula is C16H18N2O3. The van der Waals surface area contributed by atoms with Crippen molar-refractivity contribution in [2.45, 2.75) is 25.4 Å². The molecule has 2 heterocycles. The van der Waals surface area contributed by atoms with Crippen LogP contribution in [-0.4, -0.2) is 29.1 Å². The van der Waals surface area contributed by atoms with E-state index in [1.807, 2.05) is 30.3 Å². The molecule has 0 radical (unpaired) electrons. The van der Waals surface area contributed by atoms with E-state index in [1.165, 1.54) is 0 Å². The van der Waals surface area contributed by atoms with Crippen molar-refractivity contribution < 1.29 is 13.9 Å². The summed E-state index contributed by atoms with van der Waals surface area (Å²) in [7, 11) is 0. The van der Waals surface area contributed by atoms with Crippen molar-refractivity contribution in [3.8, 4) is 0 Å². The molecule has 1 fully saturated rings. The average Bonchev–Trinajstić information content (AvgIpc) is 3.08. The van der Waals surface area contributed by atoms with Gasteiger partial charge in [0.15, 0.2) is 5.89 Å². The number of hydrogen-bond donors (Lipinski definition) is 0. The predicted octanol–water partition coefficient (Wildman–Crippen LogP) is 3.19. The number of amides is 1. The summed E-state index contributed by atoms with van der Waals surface area (Å²) in [6.07, 6.45) is 4.87. The monoisotopic (exact) mass is 286 g/mol. The molecule has 110 valence electrons. The Morgan fingerprint density at radius 3 is 3.00 bits per heavy atom. The summed E-state index contributed by atoms with van der Waals surface area (Å²) in [5, 5.41) is 0. The normalized spacial score (nSPS) is 18.5. The molecule has 1 unspecified atom stereocenters. The molecule has 3 rings (SSSR count). The van der Waals surface area contributed by atoms with Crippen LogP contribution in [0.2, 0.25) is 0 Å². The summed E-state index contributed by atoms with van der Waals surface area (Å²) >= 11 is 0. The first-order chi connectivity index (χ1) is 10.3. The number of aromatic nitrogens is 1. The molecule has 1 aromatic heterocycles. The molecule has 1 atom stereocenters. The van der Waals surface area contributed by atoms with E-state index in [1.54, 1.807) is 17.4 Å². The first-order valence-corrected chi connectivity index (χ1v) is 7.18. The Morgan fingerprint density at radius 2 is 2.24 bits per heavy atom. The third-order valence-electron chi connectivity index (χ3n) is 3.69. The minimum Gasteiger partial charge on any atom is -0.449 e. The maximum atomic E-state index is 12.1. The third kappa shape index (κ3) is 3.42. The number of carbonyl (C=O) groups excluding carboxylic acids is 1. The van der Waals surface area contributed by atoms with Crippen molar-refractivity contribution in [3.63, 3.8) is 0 Å². The van der Waals surface area contributed by atoms with Crippen LogP contribution in [-0.2, 0) is 11.3 Å². The summed E-state index contributed by atoms with van der Waals surface area (Å²) < 4.78 is 10.7. The molecule has 1 amide bonds. The molecule has 1 aliphatic heterocycles. The van der Waals surface area contributed by atoms with Gasteiger partial charge in [-0.1, -0.05) is 30.3 Å². The highest BCUT2D eigenvalue weighted by atomic mass is 16.6. The number of piperidine rings is 1. The zero-order valence-corrected chi connectivity index (χ0v) is 11.8. The molecule has 0 bridgehead atoms. The van der Waals surface area contributed by atoms with Crippen molar-refractivity contribution in [1.29, 1.82) is 0 Å². The minimum absolute atomic E-state index is 0.165. The summed E-state index contributed by atoms with van der Waals surface area (Å²) in [5.74, 6) is 0.869. The number of benzene rings is 1. The molecule has 5 nitrogen and oxygen atoms in total. The summed E-state index contributed by atoms with van der Waals surface area (Å²) in [5.41, 5.74) is 0.993. The fraction of sp³-hybridized carbons (Fsp3) is 0.375. The van der Waals surface area contributed by atoms with E-state index in [0.717, 1.165) is 24.9 Å². The average molecular weight is 286 g/mol. The number of nitrogens with zero attached hydrogens (tertiary/aromatic N) is 2. The number of rotatable bonds is 3. The van der Waals surface area contributed by atoms with Crippen LogP contribution in [0, 0.1) is 0 Å². The maximum Gasteiger partial charge on any atom is 0.410 e. The van der Waals surface area contributed by atoms with Gasteiger partial charge >= 0.3 is 6.09 Å². The number of oxazole rings is 1. The van der Waals surface area contributed by atoms with E-state index >= 15 is 0 Å². The third-order valence-corrected chi connectivity index (χ3v) is 3.69. The van der Waals surface area contributed by atoms with Gasteiger partial charge in [-0.15, -0.1) is 0 Å². The Labute approximate surface area is 123 Å². The standard InChI is InChI=1S/C16H18N2O3/c19-16(21-12-13-5-2-1-3-6-13)18-9-4-7-14(11-18)15-17-8-10-20-15/h1-3,5-6,8,10,14H,4,7,9,11-12H2. The number of likely N-dealkylation sites (tertiary alicyclic amines) is 1. The van der Waals surface area contributed by atoms with E-state index in [4.69, 9.17) is 9.15 Å². The van der Waals surface area contributed by atoms with Gasteiger partial charge in [0.05, 0.1) is 12.1 Å². The van der Waals surface area contributed by atoms with Crippen LogP contribution >= 0.6 is 0 Å². The van der Waals surface area contributed by atoms with Gasteiger partial charge in [0.2, 0.25) is 0 Å². The topological polar surface area (TPSA) is 55.6 Å². The van der Waals surface area contributed by atoms with E-state index in [9.17, 15) is 4.79 Å². The van der Waals surface area contributed by atoms with E-state index in [2.05, 4.69) is 4.98 Å². The lowest BCUT2D eigenvalue weighted by Gasteiger charge is -2.30. The van der Waals surface area contributed by atoms with Gasteiger partial charge in [0.25, 0.3) is 0 Å². The predicted molar refractivity (Wildman–Crippen MR) is 76.7 cm³/mol. The van der Waals surface area contributed by atoms with Gasteiger partial charge in [0, 0.05) is 13.1 Å². The SMILES string of the molecule is O=C(OCc1ccccc1)N1CCCC(c2ncco2)C1. The van der Waals surface area contributed by atoms with Gasteiger partial charge in [-0.3, -0.25) is 0 Å². The second kappa shape index (κ2) is 6.43. The molecule has 1 saturated heterocycles. The summed E-state index contributed by atoms with van der Waals surface area (Å²) in [4.78, 5) is 18.1. The van der Waals surface area contributed by atoms with Crippen molar-refractivity contribution in [2.75, 3.05) is 13.1 Å². The van der Waals surface area contributed by atoms with Crippen molar-refractivity contribution in [2.24, 2.45) is 0 Å². The largest absolute Gasteiger partial charge is 0.449 e. The van der Waals surface area contributed by atoms with Gasteiger partial charge < -0.3 is 14.1 Å². The van der Waals surface area contributed by atoms with E-state index in [0.29, 0.717) is 19.0 Å². The zero-order valence-electron chi connectivity index (χ0n) is 11.8. The summed E-state index contributed by atoms with van der Waals surface area (Å²) in [6.45, 7) is 1.64. The van der Waals surface area contributed by atoms with Crippen LogP contribution in [0.15, 0.2) is 47.2 Å². The lowest BCUT2D eigenvalue weighted by atomic mass is 9.98. The van der Waals surface area contributed by atoms with Gasteiger partial charge in [-0.25, -0.2) is 9.78 Å². The highest BCUT2D eigenvalue weighted by molar-refractivity contribution is 5.67. The van der Waals surface area contributed by atoms with Crippen LogP contribution in [0.3, 0.4) is 0 Å². The first kappa shape index (κ1) is 13.7. The minimum atomic E-state index is -0.268. The number of ether oxygens (including phenoxy) is 1. The van der Waals surface area contributed by atoms with E-state index < -0.39 is 0 Å². The lowest BCUT2D eigenvalue weighted by molar-refractivity contribution is 0.0839. The molecule has 21 heavy (non-hydrogen) atoms. The first-order valence-electron chi connectivity index (χ1n) is 7.18. The highest BCUT2D eigenvalue weighted by Gasteiger charge is 2.28. The van der Waals surface area contributed by atoms with Gasteiger partial charge in [-0.2, -0.15) is 0 Å². The Morgan fingerprint density at radius 1 is 1.38 bits per heavy atom. The molecule has 0 aliphatic carbocycles. The Kier molecular flexibility index (Phi) is 4.19. The Bertz CT molecular complexity index is 568. The summed E-state index contributed by atoms with van der Waals surface area (Å²) in [6, 6.07) is 9.69. The van der Waals surface area contributed by atoms with Crippen LogP contribution in [0.5, 0.6) is 0 Å². The Balaban J connectivity index is 1.55. The zero-order chi connectivity index (χ0) is 14.5. The fourth-order valence-electron chi connectivity index (χ4n) is 2.59. The molecule has 2 aromatic rings. The second-order valence-corrected chi connectivity index (χ2v) is 5.20. The molecule has 5 heteroatoms. The molecule has 1 aliphatic rings. The van der Waals surface area contributed by atoms with Crippen LogP contribution < -0.4 is 0 Å². The van der Waals surface area contributed by atoms with Crippen molar-refractivity contribution in [3.05, 3.63) is 54.2 Å². The molecule has 0 saturated carbocycles. The van der Waals surface area contributed by atoms with Crippen LogP contribution in [0.1, 0.15) is 30.2 Å². The van der Waals surface area contributed by atoms with Crippen molar-refractivity contribution >= 4 is 6.09 Å². The second-order valence-electron chi connectivity index (χ2n) is 5.20. The van der Waals surface area contributed by atoms with Gasteiger partial charge in [0.1, 0.15) is 12.9 Å². The Hall–Kier alpha value is -2.30. The molecular weight excluding hydrogens is 268 g/mol.